The molecule has 2 aromatic heterocycles. The number of carbonyl (C=O) groups is 1. The van der Waals surface area contributed by atoms with Gasteiger partial charge in [-0.1, -0.05) is 23.5 Å². The molecule has 45 heavy (non-hydrogen) atoms. The third-order valence-corrected chi connectivity index (χ3v) is 9.84. The van der Waals surface area contributed by atoms with Gasteiger partial charge in [-0.05, 0) is 42.0 Å². The Morgan fingerprint density at radius 2 is 1.78 bits per heavy atom. The second-order valence-corrected chi connectivity index (χ2v) is 12.5. The number of fused-ring (bicyclic) bond motifs is 1. The molecule has 0 bridgehead atoms. The molecule has 3 heterocycles. The number of benzene rings is 2. The molecule has 0 radical (unpaired) electrons. The first kappa shape index (κ1) is 32.2. The van der Waals surface area contributed by atoms with Gasteiger partial charge in [-0.25, -0.2) is 18.5 Å². The lowest BCUT2D eigenvalue weighted by Crippen LogP contribution is -2.60. The number of halogens is 5. The van der Waals surface area contributed by atoms with Crippen molar-refractivity contribution in [2.45, 2.75) is 30.0 Å². The standard InChI is InChI=1S/C26H23F5N6O6S2/c1-42-25(27,28)16-4-2-15(3-5-16)12-32-22(38)20-14-36(24-34-19-13-33-35-23(39)21(19)44-24)10-11-37(20)45(40,41)18-8-6-17(7-9-18)43-26(29,30)31/h2-9,13,20H,10-12,14H2,1H3,(H,32,38)(H,35,39)/t20-/m1/s1. The van der Waals surface area contributed by atoms with E-state index in [0.29, 0.717) is 16.2 Å². The summed E-state index contributed by atoms with van der Waals surface area (Å²) in [5.41, 5.74) is -0.145. The lowest BCUT2D eigenvalue weighted by molar-refractivity contribution is -0.274. The molecule has 5 rings (SSSR count). The Bertz CT molecular complexity index is 1850. The number of nitrogens with zero attached hydrogens (tertiary/aromatic N) is 4. The number of carbonyl (C=O) groups excluding carboxylic acids is 1. The Balaban J connectivity index is 1.40. The largest absolute Gasteiger partial charge is 0.573 e. The number of nitrogens with one attached hydrogen (secondary N) is 2. The predicted molar refractivity (Wildman–Crippen MR) is 150 cm³/mol. The van der Waals surface area contributed by atoms with Crippen LogP contribution < -0.4 is 20.5 Å². The summed E-state index contributed by atoms with van der Waals surface area (Å²) in [5, 5.41) is 8.97. The van der Waals surface area contributed by atoms with Gasteiger partial charge in [-0.3, -0.25) is 9.59 Å². The number of piperazine rings is 1. The van der Waals surface area contributed by atoms with E-state index < -0.39 is 51.3 Å². The van der Waals surface area contributed by atoms with E-state index in [9.17, 15) is 40.0 Å². The number of anilines is 1. The van der Waals surface area contributed by atoms with Gasteiger partial charge in [-0.2, -0.15) is 18.2 Å². The van der Waals surface area contributed by atoms with Crippen LogP contribution in [0.2, 0.25) is 0 Å². The Morgan fingerprint density at radius 3 is 2.40 bits per heavy atom. The van der Waals surface area contributed by atoms with Crippen molar-refractivity contribution in [1.29, 1.82) is 0 Å². The summed E-state index contributed by atoms with van der Waals surface area (Å²) in [4.78, 5) is 31.3. The molecule has 1 amide bonds. The molecule has 1 aliphatic rings. The number of methoxy groups -OCH3 is 1. The second-order valence-electron chi connectivity index (χ2n) is 9.64. The Labute approximate surface area is 255 Å². The van der Waals surface area contributed by atoms with Gasteiger partial charge in [0.25, 0.3) is 5.56 Å². The highest BCUT2D eigenvalue weighted by Gasteiger charge is 2.41. The van der Waals surface area contributed by atoms with Crippen molar-refractivity contribution in [2.75, 3.05) is 31.6 Å². The number of ether oxygens (including phenoxy) is 2. The molecule has 0 spiro atoms. The first-order valence-electron chi connectivity index (χ1n) is 12.9. The first-order chi connectivity index (χ1) is 21.2. The minimum Gasteiger partial charge on any atom is -0.406 e. The quantitative estimate of drug-likeness (QED) is 0.256. The van der Waals surface area contributed by atoms with Crippen LogP contribution in [0.5, 0.6) is 5.75 Å². The Kier molecular flexibility index (Phi) is 8.80. The second kappa shape index (κ2) is 12.3. The van der Waals surface area contributed by atoms with E-state index in [0.717, 1.165) is 59.2 Å². The molecule has 2 N–H and O–H groups in total. The molecule has 4 aromatic rings. The monoisotopic (exact) mass is 674 g/mol. The third kappa shape index (κ3) is 7.05. The zero-order valence-electron chi connectivity index (χ0n) is 23.0. The van der Waals surface area contributed by atoms with E-state index >= 15 is 0 Å². The van der Waals surface area contributed by atoms with Crippen molar-refractivity contribution >= 4 is 42.6 Å². The van der Waals surface area contributed by atoms with Crippen LogP contribution in [0.4, 0.5) is 27.1 Å². The van der Waals surface area contributed by atoms with E-state index in [1.807, 2.05) is 0 Å². The fourth-order valence-corrected chi connectivity index (χ4v) is 7.07. The number of amides is 1. The highest BCUT2D eigenvalue weighted by molar-refractivity contribution is 7.89. The van der Waals surface area contributed by atoms with E-state index in [4.69, 9.17) is 0 Å². The maximum absolute atomic E-state index is 13.8. The van der Waals surface area contributed by atoms with E-state index in [1.54, 1.807) is 4.90 Å². The van der Waals surface area contributed by atoms with Gasteiger partial charge < -0.3 is 19.7 Å². The van der Waals surface area contributed by atoms with Crippen molar-refractivity contribution in [3.05, 3.63) is 76.2 Å². The van der Waals surface area contributed by atoms with Crippen LogP contribution in [0, 0.1) is 0 Å². The molecular formula is C26H23F5N6O6S2. The molecule has 240 valence electrons. The molecule has 1 fully saturated rings. The van der Waals surface area contributed by atoms with Crippen LogP contribution >= 0.6 is 11.3 Å². The van der Waals surface area contributed by atoms with Gasteiger partial charge in [0.1, 0.15) is 22.0 Å². The molecule has 12 nitrogen and oxygen atoms in total. The average Bonchev–Trinajstić information content (AvgIpc) is 3.45. The zero-order valence-corrected chi connectivity index (χ0v) is 24.7. The summed E-state index contributed by atoms with van der Waals surface area (Å²) in [6.07, 6.45) is -7.14. The number of sulfonamides is 1. The number of alkyl halides is 5. The number of aromatic nitrogens is 3. The van der Waals surface area contributed by atoms with Crippen LogP contribution in [0.25, 0.3) is 10.2 Å². The lowest BCUT2D eigenvalue weighted by atomic mass is 10.1. The Hall–Kier alpha value is -4.20. The molecule has 1 atom stereocenters. The fraction of sp³-hybridized carbons (Fsp3) is 0.308. The maximum atomic E-state index is 13.8. The van der Waals surface area contributed by atoms with E-state index in [1.165, 1.54) is 18.3 Å². The smallest absolute Gasteiger partial charge is 0.406 e. The normalized spacial score (nSPS) is 16.6. The summed E-state index contributed by atoms with van der Waals surface area (Å²) in [7, 11) is -3.58. The topological polar surface area (TPSA) is 147 Å². The number of hydrogen-bond acceptors (Lipinski definition) is 10. The zero-order chi connectivity index (χ0) is 32.6. The molecule has 0 unspecified atom stereocenters. The number of thiazole rings is 1. The van der Waals surface area contributed by atoms with Crippen LogP contribution in [0.15, 0.2) is 64.4 Å². The number of rotatable bonds is 9. The lowest BCUT2D eigenvalue weighted by Gasteiger charge is -2.39. The minimum absolute atomic E-state index is 0.0542. The van der Waals surface area contributed by atoms with Gasteiger partial charge in [0, 0.05) is 33.3 Å². The van der Waals surface area contributed by atoms with Crippen LogP contribution in [0.1, 0.15) is 11.1 Å². The van der Waals surface area contributed by atoms with Crippen molar-refractivity contribution < 1.29 is 44.6 Å². The van der Waals surface area contributed by atoms with E-state index in [-0.39, 0.29) is 35.8 Å². The van der Waals surface area contributed by atoms with Crippen molar-refractivity contribution in [2.24, 2.45) is 0 Å². The highest BCUT2D eigenvalue weighted by Crippen LogP contribution is 2.31. The van der Waals surface area contributed by atoms with Crippen molar-refractivity contribution in [3.8, 4) is 5.75 Å². The van der Waals surface area contributed by atoms with Gasteiger partial charge in [0.15, 0.2) is 5.13 Å². The molecule has 19 heteroatoms. The average molecular weight is 675 g/mol. The van der Waals surface area contributed by atoms with E-state index in [2.05, 4.69) is 30.0 Å². The van der Waals surface area contributed by atoms with Crippen molar-refractivity contribution in [3.63, 3.8) is 0 Å². The highest BCUT2D eigenvalue weighted by atomic mass is 32.2. The molecule has 1 aliphatic heterocycles. The summed E-state index contributed by atoms with van der Waals surface area (Å²) in [5.74, 6) is -1.37. The van der Waals surface area contributed by atoms with Gasteiger partial charge in [-0.15, -0.1) is 13.2 Å². The summed E-state index contributed by atoms with van der Waals surface area (Å²) >= 11 is 1.02. The van der Waals surface area contributed by atoms with Gasteiger partial charge in [0.05, 0.1) is 16.7 Å². The maximum Gasteiger partial charge on any atom is 0.573 e. The molecule has 1 saturated heterocycles. The molecule has 0 aliphatic carbocycles. The number of hydrogen-bond donors (Lipinski definition) is 2. The fourth-order valence-electron chi connectivity index (χ4n) is 4.54. The Morgan fingerprint density at radius 1 is 1.09 bits per heavy atom. The van der Waals surface area contributed by atoms with Crippen LogP contribution in [-0.2, 0) is 32.2 Å². The third-order valence-electron chi connectivity index (χ3n) is 6.78. The molecule has 2 aromatic carbocycles. The van der Waals surface area contributed by atoms with Crippen molar-refractivity contribution in [1.82, 2.24) is 24.8 Å². The van der Waals surface area contributed by atoms with Crippen LogP contribution in [-0.4, -0.2) is 73.0 Å². The first-order valence-corrected chi connectivity index (χ1v) is 15.2. The molecule has 0 saturated carbocycles. The molecular weight excluding hydrogens is 651 g/mol. The summed E-state index contributed by atoms with van der Waals surface area (Å²) in [6.45, 7) is -0.524. The predicted octanol–water partition coefficient (Wildman–Crippen LogP) is 3.17. The van der Waals surface area contributed by atoms with Gasteiger partial charge in [0.2, 0.25) is 15.9 Å². The number of H-pyrrole nitrogens is 1. The number of aromatic amines is 1. The summed E-state index contributed by atoms with van der Waals surface area (Å²) in [6, 6.07) is 7.13. The summed E-state index contributed by atoms with van der Waals surface area (Å²) < 4.78 is 102. The van der Waals surface area contributed by atoms with Gasteiger partial charge >= 0.3 is 12.5 Å². The van der Waals surface area contributed by atoms with Crippen LogP contribution in [0.3, 0.4) is 0 Å². The minimum atomic E-state index is -4.98. The SMILES string of the molecule is COC(F)(F)c1ccc(CNC(=O)[C@H]2CN(c3nc4cn[nH]c(=O)c4s3)CCN2S(=O)(=O)c2ccc(OC(F)(F)F)cc2)cc1.